The number of fused-ring (bicyclic) bond motifs is 3. The highest BCUT2D eigenvalue weighted by molar-refractivity contribution is 6.30. The van der Waals surface area contributed by atoms with Gasteiger partial charge in [-0.1, -0.05) is 73.9 Å². The van der Waals surface area contributed by atoms with E-state index < -0.39 is 0 Å². The van der Waals surface area contributed by atoms with E-state index in [9.17, 15) is 0 Å². The number of benzene rings is 3. The van der Waals surface area contributed by atoms with Crippen molar-refractivity contribution < 1.29 is 0 Å². The topological polar surface area (TPSA) is 0 Å². The Morgan fingerprint density at radius 3 is 2.21 bits per heavy atom. The minimum absolute atomic E-state index is 0.741. The first-order valence-corrected chi connectivity index (χ1v) is 10.6. The van der Waals surface area contributed by atoms with Crippen molar-refractivity contribution in [2.75, 3.05) is 0 Å². The average molecular weight is 385 g/mol. The number of rotatable bonds is 5. The van der Waals surface area contributed by atoms with Gasteiger partial charge in [0.25, 0.3) is 0 Å². The highest BCUT2D eigenvalue weighted by atomic mass is 35.5. The first-order valence-electron chi connectivity index (χ1n) is 10.3. The van der Waals surface area contributed by atoms with Gasteiger partial charge in [0.2, 0.25) is 0 Å². The van der Waals surface area contributed by atoms with Crippen LogP contribution in [0, 0.1) is 11.8 Å². The molecule has 0 saturated carbocycles. The van der Waals surface area contributed by atoms with Crippen molar-refractivity contribution in [3.8, 4) is 23.0 Å². The van der Waals surface area contributed by atoms with Crippen molar-refractivity contribution in [2.45, 2.75) is 45.4 Å². The zero-order chi connectivity index (χ0) is 19.3. The second kappa shape index (κ2) is 8.68. The SMILES string of the molecule is CCCCCCc1ccc2c(c1)Cc1cc(C#Cc3ccc(Cl)cc3)ccc1-2. The van der Waals surface area contributed by atoms with Gasteiger partial charge in [0.1, 0.15) is 0 Å². The number of aryl methyl sites for hydroxylation is 1. The second-order valence-corrected chi connectivity index (χ2v) is 8.04. The molecule has 0 bridgehead atoms. The Bertz CT molecular complexity index is 1030. The second-order valence-electron chi connectivity index (χ2n) is 7.61. The molecule has 0 N–H and O–H groups in total. The van der Waals surface area contributed by atoms with Gasteiger partial charge in [0, 0.05) is 16.1 Å². The highest BCUT2D eigenvalue weighted by Gasteiger charge is 2.18. The molecule has 3 aromatic carbocycles. The smallest absolute Gasteiger partial charge is 0.0406 e. The predicted molar refractivity (Wildman–Crippen MR) is 120 cm³/mol. The summed E-state index contributed by atoms with van der Waals surface area (Å²) >= 11 is 5.94. The summed E-state index contributed by atoms with van der Waals surface area (Å²) in [4.78, 5) is 0. The molecule has 0 nitrogen and oxygen atoms in total. The third-order valence-electron chi connectivity index (χ3n) is 5.46. The van der Waals surface area contributed by atoms with E-state index >= 15 is 0 Å². The van der Waals surface area contributed by atoms with Crippen LogP contribution in [0.1, 0.15) is 60.4 Å². The number of unbranched alkanes of at least 4 members (excludes halogenated alkanes) is 3. The first kappa shape index (κ1) is 18.9. The van der Waals surface area contributed by atoms with Gasteiger partial charge in [-0.15, -0.1) is 0 Å². The van der Waals surface area contributed by atoms with Crippen molar-refractivity contribution >= 4 is 11.6 Å². The number of hydrogen-bond donors (Lipinski definition) is 0. The van der Waals surface area contributed by atoms with E-state index in [0.717, 1.165) is 22.6 Å². The monoisotopic (exact) mass is 384 g/mol. The fourth-order valence-electron chi connectivity index (χ4n) is 3.93. The molecule has 0 amide bonds. The molecule has 0 heterocycles. The summed E-state index contributed by atoms with van der Waals surface area (Å²) in [6.45, 7) is 2.26. The fraction of sp³-hybridized carbons (Fsp3) is 0.259. The first-order chi connectivity index (χ1) is 13.7. The standard InChI is InChI=1S/C27H25Cl/c1-2-3-4-5-6-21-11-15-26-23(17-21)19-24-18-22(12-16-27(24)26)8-7-20-9-13-25(28)14-10-20/h9-18H,2-6,19H2,1H3. The minimum Gasteiger partial charge on any atom is -0.0843 e. The molecule has 0 saturated heterocycles. The van der Waals surface area contributed by atoms with Crippen molar-refractivity contribution in [3.63, 3.8) is 0 Å². The third kappa shape index (κ3) is 4.32. The maximum absolute atomic E-state index is 5.94. The summed E-state index contributed by atoms with van der Waals surface area (Å²) < 4.78 is 0. The molecule has 0 unspecified atom stereocenters. The van der Waals surface area contributed by atoms with Crippen LogP contribution in [0.5, 0.6) is 0 Å². The van der Waals surface area contributed by atoms with Crippen molar-refractivity contribution in [2.24, 2.45) is 0 Å². The largest absolute Gasteiger partial charge is 0.0843 e. The number of hydrogen-bond acceptors (Lipinski definition) is 0. The van der Waals surface area contributed by atoms with E-state index in [-0.39, 0.29) is 0 Å². The van der Waals surface area contributed by atoms with E-state index in [1.165, 1.54) is 59.9 Å². The summed E-state index contributed by atoms with van der Waals surface area (Å²) in [5.74, 6) is 6.53. The van der Waals surface area contributed by atoms with Crippen LogP contribution in [0.25, 0.3) is 11.1 Å². The Kier molecular flexibility index (Phi) is 5.84. The molecule has 0 atom stereocenters. The molecular weight excluding hydrogens is 360 g/mol. The summed E-state index contributed by atoms with van der Waals surface area (Å²) in [6.07, 6.45) is 7.48. The van der Waals surface area contributed by atoms with Gasteiger partial charge in [-0.2, -0.15) is 0 Å². The van der Waals surface area contributed by atoms with Crippen LogP contribution in [-0.2, 0) is 12.8 Å². The molecule has 0 aromatic heterocycles. The van der Waals surface area contributed by atoms with E-state index in [0.29, 0.717) is 0 Å². The normalized spacial score (nSPS) is 11.5. The summed E-state index contributed by atoms with van der Waals surface area (Å²) in [5, 5.41) is 0.741. The average Bonchev–Trinajstić information content (AvgIpc) is 3.07. The van der Waals surface area contributed by atoms with Crippen LogP contribution in [0.2, 0.25) is 5.02 Å². The van der Waals surface area contributed by atoms with Gasteiger partial charge in [0.05, 0.1) is 0 Å². The molecule has 28 heavy (non-hydrogen) atoms. The quantitative estimate of drug-likeness (QED) is 0.248. The molecule has 1 heteroatoms. The van der Waals surface area contributed by atoms with Crippen LogP contribution in [0.3, 0.4) is 0 Å². The van der Waals surface area contributed by atoms with Gasteiger partial charge in [0.15, 0.2) is 0 Å². The van der Waals surface area contributed by atoms with E-state index in [2.05, 4.69) is 55.2 Å². The fourth-order valence-corrected chi connectivity index (χ4v) is 4.06. The highest BCUT2D eigenvalue weighted by Crippen LogP contribution is 2.37. The van der Waals surface area contributed by atoms with Gasteiger partial charge >= 0.3 is 0 Å². The van der Waals surface area contributed by atoms with Crippen LogP contribution in [0.15, 0.2) is 60.7 Å². The lowest BCUT2D eigenvalue weighted by molar-refractivity contribution is 0.667. The van der Waals surface area contributed by atoms with Crippen molar-refractivity contribution in [1.82, 2.24) is 0 Å². The Balaban J connectivity index is 1.49. The third-order valence-corrected chi connectivity index (χ3v) is 5.71. The van der Waals surface area contributed by atoms with E-state index in [1.54, 1.807) is 0 Å². The molecule has 4 rings (SSSR count). The maximum atomic E-state index is 5.94. The van der Waals surface area contributed by atoms with Crippen LogP contribution in [0.4, 0.5) is 0 Å². The molecule has 0 radical (unpaired) electrons. The molecule has 3 aromatic rings. The van der Waals surface area contributed by atoms with Gasteiger partial charge in [-0.3, -0.25) is 0 Å². The zero-order valence-corrected chi connectivity index (χ0v) is 17.2. The Morgan fingerprint density at radius 1 is 0.750 bits per heavy atom. The lowest BCUT2D eigenvalue weighted by atomic mass is 10.00. The molecule has 0 spiro atoms. The van der Waals surface area contributed by atoms with E-state index in [1.807, 2.05) is 24.3 Å². The summed E-state index contributed by atoms with van der Waals surface area (Å²) in [5.41, 5.74) is 9.15. The lowest BCUT2D eigenvalue weighted by Crippen LogP contribution is -1.89. The Morgan fingerprint density at radius 2 is 1.43 bits per heavy atom. The summed E-state index contributed by atoms with van der Waals surface area (Å²) in [7, 11) is 0. The lowest BCUT2D eigenvalue weighted by Gasteiger charge is -2.05. The molecule has 1 aliphatic rings. The zero-order valence-electron chi connectivity index (χ0n) is 16.4. The summed E-state index contributed by atoms with van der Waals surface area (Å²) in [6, 6.07) is 21.3. The van der Waals surface area contributed by atoms with Crippen molar-refractivity contribution in [1.29, 1.82) is 0 Å². The molecular formula is C27H25Cl. The van der Waals surface area contributed by atoms with Crippen molar-refractivity contribution in [3.05, 3.63) is 93.5 Å². The minimum atomic E-state index is 0.741. The van der Waals surface area contributed by atoms with E-state index in [4.69, 9.17) is 11.6 Å². The molecule has 1 aliphatic carbocycles. The van der Waals surface area contributed by atoms with Crippen LogP contribution in [-0.4, -0.2) is 0 Å². The Labute approximate surface area is 173 Å². The number of halogens is 1. The van der Waals surface area contributed by atoms with Crippen LogP contribution >= 0.6 is 11.6 Å². The van der Waals surface area contributed by atoms with Gasteiger partial charge in [-0.05, 0) is 83.5 Å². The molecule has 0 aliphatic heterocycles. The maximum Gasteiger partial charge on any atom is 0.0406 e. The predicted octanol–water partition coefficient (Wildman–Crippen LogP) is 7.43. The Hall–Kier alpha value is -2.49. The van der Waals surface area contributed by atoms with Crippen LogP contribution < -0.4 is 0 Å². The van der Waals surface area contributed by atoms with Gasteiger partial charge in [-0.25, -0.2) is 0 Å². The molecule has 140 valence electrons. The molecule has 0 fully saturated rings. The van der Waals surface area contributed by atoms with Gasteiger partial charge < -0.3 is 0 Å².